The molecule has 1 heterocycles. The van der Waals surface area contributed by atoms with Gasteiger partial charge in [-0.15, -0.1) is 0 Å². The average molecular weight is 518 g/mol. The molecule has 2 saturated carbocycles. The highest BCUT2D eigenvalue weighted by Crippen LogP contribution is 2.65. The summed E-state index contributed by atoms with van der Waals surface area (Å²) < 4.78 is 5.32. The molecule has 3 unspecified atom stereocenters. The van der Waals surface area contributed by atoms with Crippen LogP contribution >= 0.6 is 0 Å². The summed E-state index contributed by atoms with van der Waals surface area (Å²) in [5, 5.41) is 39.0. The molecule has 3 fully saturated rings. The minimum atomic E-state index is -2.73. The van der Waals surface area contributed by atoms with Crippen molar-refractivity contribution in [3.8, 4) is 5.75 Å². The summed E-state index contributed by atoms with van der Waals surface area (Å²) in [7, 11) is 0. The highest BCUT2D eigenvalue weighted by molar-refractivity contribution is 5.89. The second kappa shape index (κ2) is 10.7. The Morgan fingerprint density at radius 1 is 1.08 bits per heavy atom. The fraction of sp³-hybridized carbons (Fsp3) is 0.679. The quantitative estimate of drug-likeness (QED) is 0.243. The number of ether oxygens (including phenoxy) is 1. The van der Waals surface area contributed by atoms with Crippen LogP contribution in [0.5, 0.6) is 5.75 Å². The van der Waals surface area contributed by atoms with E-state index >= 15 is 0 Å². The number of rotatable bonds is 12. The zero-order valence-corrected chi connectivity index (χ0v) is 21.5. The predicted molar refractivity (Wildman–Crippen MR) is 134 cm³/mol. The molecule has 9 nitrogen and oxygen atoms in total. The van der Waals surface area contributed by atoms with Gasteiger partial charge in [0, 0.05) is 18.5 Å². The maximum Gasteiger partial charge on any atom is 0.336 e. The number of aliphatic hydroxyl groups is 2. The number of esters is 1. The van der Waals surface area contributed by atoms with Gasteiger partial charge in [-0.3, -0.25) is 9.59 Å². The molecule has 0 amide bonds. The van der Waals surface area contributed by atoms with Gasteiger partial charge in [0.15, 0.2) is 5.60 Å². The van der Waals surface area contributed by atoms with E-state index in [1.54, 1.807) is 18.2 Å². The summed E-state index contributed by atoms with van der Waals surface area (Å²) >= 11 is 0. The van der Waals surface area contributed by atoms with Crippen molar-refractivity contribution in [2.24, 2.45) is 11.8 Å². The van der Waals surface area contributed by atoms with Gasteiger partial charge >= 0.3 is 17.9 Å². The fourth-order valence-electron chi connectivity index (χ4n) is 6.97. The lowest BCUT2D eigenvalue weighted by Crippen LogP contribution is -2.43. The Hall–Kier alpha value is -2.49. The summed E-state index contributed by atoms with van der Waals surface area (Å²) in [5.41, 5.74) is -2.12. The zero-order valence-electron chi connectivity index (χ0n) is 21.5. The van der Waals surface area contributed by atoms with E-state index in [1.165, 1.54) is 6.42 Å². The standard InChI is InChI=1S/C28H39NO8/c1-2-28(21-17-29(18-22(21)28)13-7-12-26(35)10-4-3-5-11-26)19-8-6-9-20(14-19)37-24(32)16-27(36,25(33)34)15-23(30)31/h6,8-9,14,21-22,35-36H,2-5,7,10-13,15-18H2,1H3,(H,30,31)(H,33,34). The molecule has 1 aromatic carbocycles. The van der Waals surface area contributed by atoms with Crippen LogP contribution in [0.3, 0.4) is 0 Å². The minimum absolute atomic E-state index is 0.00555. The van der Waals surface area contributed by atoms with E-state index in [4.69, 9.17) is 9.84 Å². The monoisotopic (exact) mass is 517 g/mol. The van der Waals surface area contributed by atoms with Gasteiger partial charge in [0.1, 0.15) is 5.75 Å². The molecule has 37 heavy (non-hydrogen) atoms. The number of nitrogens with zero attached hydrogens (tertiary/aromatic N) is 1. The van der Waals surface area contributed by atoms with Crippen LogP contribution in [-0.4, -0.2) is 74.1 Å². The van der Waals surface area contributed by atoms with Gasteiger partial charge in [-0.2, -0.15) is 0 Å². The van der Waals surface area contributed by atoms with E-state index in [2.05, 4.69) is 11.8 Å². The van der Waals surface area contributed by atoms with Crippen molar-refractivity contribution in [3.05, 3.63) is 29.8 Å². The number of carbonyl (C=O) groups excluding carboxylic acids is 1. The lowest BCUT2D eigenvalue weighted by molar-refractivity contribution is -0.169. The number of likely N-dealkylation sites (tertiary alicyclic amines) is 1. The van der Waals surface area contributed by atoms with Gasteiger partial charge in [-0.25, -0.2) is 4.79 Å². The topological polar surface area (TPSA) is 145 Å². The van der Waals surface area contributed by atoms with E-state index in [9.17, 15) is 29.7 Å². The second-order valence-corrected chi connectivity index (χ2v) is 11.3. The third-order valence-corrected chi connectivity index (χ3v) is 8.98. The first kappa shape index (κ1) is 27.5. The van der Waals surface area contributed by atoms with Gasteiger partial charge in [-0.05, 0) is 68.2 Å². The molecule has 0 bridgehead atoms. The number of carboxylic acid groups (broad SMARTS) is 2. The van der Waals surface area contributed by atoms with Gasteiger partial charge in [-0.1, -0.05) is 38.3 Å². The smallest absolute Gasteiger partial charge is 0.336 e. The molecule has 3 aliphatic rings. The summed E-state index contributed by atoms with van der Waals surface area (Å²) in [4.78, 5) is 37.1. The second-order valence-electron chi connectivity index (χ2n) is 11.3. The van der Waals surface area contributed by atoms with E-state index in [1.807, 2.05) is 6.07 Å². The van der Waals surface area contributed by atoms with Gasteiger partial charge in [0.2, 0.25) is 0 Å². The van der Waals surface area contributed by atoms with Gasteiger partial charge < -0.3 is 30.1 Å². The first-order valence-corrected chi connectivity index (χ1v) is 13.4. The SMILES string of the molecule is CCC1(c2cccc(OC(=O)CC(O)(CC(=O)O)C(=O)O)c2)C2CN(CCCC3(O)CCCCC3)CC21. The number of carboxylic acids is 2. The van der Waals surface area contributed by atoms with Crippen molar-refractivity contribution in [2.75, 3.05) is 19.6 Å². The Kier molecular flexibility index (Phi) is 7.97. The number of carbonyl (C=O) groups is 3. The van der Waals surface area contributed by atoms with Crippen LogP contribution < -0.4 is 4.74 Å². The normalized spacial score (nSPS) is 28.2. The van der Waals surface area contributed by atoms with Crippen LogP contribution in [0.15, 0.2) is 24.3 Å². The van der Waals surface area contributed by atoms with Crippen LogP contribution in [-0.2, 0) is 19.8 Å². The van der Waals surface area contributed by atoms with Crippen molar-refractivity contribution >= 4 is 17.9 Å². The third-order valence-electron chi connectivity index (χ3n) is 8.98. The number of fused-ring (bicyclic) bond motifs is 1. The highest BCUT2D eigenvalue weighted by atomic mass is 16.5. The van der Waals surface area contributed by atoms with E-state index < -0.39 is 42.0 Å². The molecule has 1 saturated heterocycles. The van der Waals surface area contributed by atoms with Crippen molar-refractivity contribution in [3.63, 3.8) is 0 Å². The Morgan fingerprint density at radius 3 is 2.35 bits per heavy atom. The first-order valence-electron chi connectivity index (χ1n) is 13.4. The third kappa shape index (κ3) is 5.84. The predicted octanol–water partition coefficient (Wildman–Crippen LogP) is 2.96. The zero-order chi connectivity index (χ0) is 26.8. The maximum atomic E-state index is 12.4. The molecule has 9 heteroatoms. The van der Waals surface area contributed by atoms with Crippen LogP contribution in [0.1, 0.15) is 76.7 Å². The number of hydrogen-bond donors (Lipinski definition) is 4. The Labute approximate surface area is 217 Å². The molecular weight excluding hydrogens is 478 g/mol. The first-order chi connectivity index (χ1) is 17.5. The number of hydrogen-bond acceptors (Lipinski definition) is 7. The van der Waals surface area contributed by atoms with E-state index in [-0.39, 0.29) is 11.2 Å². The van der Waals surface area contributed by atoms with Crippen LogP contribution in [0, 0.1) is 11.8 Å². The Morgan fingerprint density at radius 2 is 1.76 bits per heavy atom. The number of benzene rings is 1. The van der Waals surface area contributed by atoms with Crippen molar-refractivity contribution in [1.29, 1.82) is 0 Å². The molecule has 1 aliphatic heterocycles. The van der Waals surface area contributed by atoms with Gasteiger partial charge in [0.25, 0.3) is 0 Å². The molecular formula is C28H39NO8. The van der Waals surface area contributed by atoms with Crippen molar-refractivity contribution in [1.82, 2.24) is 4.90 Å². The van der Waals surface area contributed by atoms with Crippen LogP contribution in [0.25, 0.3) is 0 Å². The highest BCUT2D eigenvalue weighted by Gasteiger charge is 2.67. The van der Waals surface area contributed by atoms with E-state index in [0.717, 1.165) is 70.1 Å². The lowest BCUT2D eigenvalue weighted by atomic mass is 9.81. The summed E-state index contributed by atoms with van der Waals surface area (Å²) in [6.07, 6.45) is 6.08. The summed E-state index contributed by atoms with van der Waals surface area (Å²) in [6, 6.07) is 7.23. The Bertz CT molecular complexity index is 1010. The lowest BCUT2D eigenvalue weighted by Gasteiger charge is -2.33. The molecule has 2 aliphatic carbocycles. The molecule has 3 atom stereocenters. The average Bonchev–Trinajstić information content (AvgIpc) is 3.21. The minimum Gasteiger partial charge on any atom is -0.481 e. The maximum absolute atomic E-state index is 12.4. The molecule has 0 spiro atoms. The van der Waals surface area contributed by atoms with E-state index in [0.29, 0.717) is 11.8 Å². The molecule has 204 valence electrons. The van der Waals surface area contributed by atoms with Crippen molar-refractivity contribution < 1.29 is 39.5 Å². The largest absolute Gasteiger partial charge is 0.481 e. The molecule has 0 aromatic heterocycles. The summed E-state index contributed by atoms with van der Waals surface area (Å²) in [5.74, 6) is -3.04. The van der Waals surface area contributed by atoms with Gasteiger partial charge in [0.05, 0.1) is 18.4 Å². The Balaban J connectivity index is 1.33. The molecule has 0 radical (unpaired) electrons. The molecule has 4 N–H and O–H groups in total. The number of piperidine rings is 1. The fourth-order valence-corrected chi connectivity index (χ4v) is 6.97. The van der Waals surface area contributed by atoms with Crippen LogP contribution in [0.2, 0.25) is 0 Å². The summed E-state index contributed by atoms with van der Waals surface area (Å²) in [6.45, 7) is 5.16. The molecule has 1 aromatic rings. The number of aliphatic carboxylic acids is 2. The van der Waals surface area contributed by atoms with Crippen LogP contribution in [0.4, 0.5) is 0 Å². The molecule has 4 rings (SSSR count). The van der Waals surface area contributed by atoms with Crippen molar-refractivity contribution in [2.45, 2.75) is 87.7 Å².